The van der Waals surface area contributed by atoms with E-state index in [4.69, 9.17) is 28.1 Å². The van der Waals surface area contributed by atoms with Crippen molar-refractivity contribution >= 4 is 28.6 Å². The van der Waals surface area contributed by atoms with Gasteiger partial charge in [-0.3, -0.25) is 0 Å². The monoisotopic (exact) mass is 403 g/mol. The Bertz CT molecular complexity index is 975. The first-order chi connectivity index (χ1) is 13.3. The lowest BCUT2D eigenvalue weighted by atomic mass is 10.0. The Hall–Kier alpha value is -2.15. The summed E-state index contributed by atoms with van der Waals surface area (Å²) >= 11 is 6.40. The molecule has 3 aromatic rings. The van der Waals surface area contributed by atoms with Gasteiger partial charge >= 0.3 is 0 Å². The van der Waals surface area contributed by atoms with E-state index < -0.39 is 0 Å². The Morgan fingerprint density at radius 2 is 1.89 bits per heavy atom. The number of aryl methyl sites for hydroxylation is 2. The molecule has 28 heavy (non-hydrogen) atoms. The van der Waals surface area contributed by atoms with Crippen molar-refractivity contribution in [2.24, 2.45) is 11.5 Å². The van der Waals surface area contributed by atoms with E-state index >= 15 is 0 Å². The lowest BCUT2D eigenvalue weighted by Gasteiger charge is -2.13. The molecule has 7 heteroatoms. The second-order valence-corrected chi connectivity index (χ2v) is 7.59. The predicted octanol–water partition coefficient (Wildman–Crippen LogP) is 4.27. The van der Waals surface area contributed by atoms with Crippen LogP contribution < -0.4 is 16.8 Å². The van der Waals surface area contributed by atoms with Crippen LogP contribution in [0.25, 0.3) is 11.0 Å². The molecule has 1 atom stereocenters. The standard InChI is InChI=1S/C21H27ClFN5/c1-4-17(25)16-9-15(22)10-18-20(16)27-21(26-6-5-24)28(18)11-14-7-12(2)19(23)13(3)8-14/h7-10,17H,4-6,11,24-25H2,1-3H3,(H,26,27)/t17-/m0/s1. The topological polar surface area (TPSA) is 81.9 Å². The normalized spacial score (nSPS) is 12.5. The quantitative estimate of drug-likeness (QED) is 0.550. The zero-order valence-electron chi connectivity index (χ0n) is 16.5. The third kappa shape index (κ3) is 3.99. The number of hydrogen-bond donors (Lipinski definition) is 3. The summed E-state index contributed by atoms with van der Waals surface area (Å²) in [5, 5.41) is 3.90. The zero-order chi connectivity index (χ0) is 20.4. The number of anilines is 1. The second kappa shape index (κ2) is 8.47. The van der Waals surface area contributed by atoms with E-state index in [-0.39, 0.29) is 11.9 Å². The highest BCUT2D eigenvalue weighted by Gasteiger charge is 2.18. The summed E-state index contributed by atoms with van der Waals surface area (Å²) in [5.74, 6) is 0.534. The maximum Gasteiger partial charge on any atom is 0.204 e. The van der Waals surface area contributed by atoms with Gasteiger partial charge in [0.25, 0.3) is 0 Å². The van der Waals surface area contributed by atoms with Crippen molar-refractivity contribution in [3.63, 3.8) is 0 Å². The third-order valence-electron chi connectivity index (χ3n) is 4.95. The molecule has 0 saturated heterocycles. The van der Waals surface area contributed by atoms with Gasteiger partial charge in [-0.15, -0.1) is 0 Å². The van der Waals surface area contributed by atoms with E-state index in [0.717, 1.165) is 28.6 Å². The van der Waals surface area contributed by atoms with Crippen LogP contribution in [0, 0.1) is 19.7 Å². The molecule has 5 N–H and O–H groups in total. The van der Waals surface area contributed by atoms with Crippen molar-refractivity contribution in [2.45, 2.75) is 39.8 Å². The van der Waals surface area contributed by atoms with Crippen molar-refractivity contribution in [3.05, 3.63) is 57.4 Å². The molecule has 0 bridgehead atoms. The largest absolute Gasteiger partial charge is 0.354 e. The molecule has 1 heterocycles. The van der Waals surface area contributed by atoms with Crippen LogP contribution in [0.5, 0.6) is 0 Å². The Balaban J connectivity index is 2.17. The summed E-state index contributed by atoms with van der Waals surface area (Å²) in [4.78, 5) is 4.80. The first kappa shape index (κ1) is 20.6. The number of nitrogens with zero attached hydrogens (tertiary/aromatic N) is 2. The van der Waals surface area contributed by atoms with Crippen LogP contribution in [0.1, 0.15) is 41.6 Å². The number of nitrogens with one attached hydrogen (secondary N) is 1. The molecule has 5 nitrogen and oxygen atoms in total. The van der Waals surface area contributed by atoms with Crippen LogP contribution in [0.15, 0.2) is 24.3 Å². The van der Waals surface area contributed by atoms with Gasteiger partial charge in [-0.2, -0.15) is 0 Å². The molecular formula is C21H27ClFN5. The Labute approximate surface area is 169 Å². The molecule has 0 unspecified atom stereocenters. The highest BCUT2D eigenvalue weighted by molar-refractivity contribution is 6.31. The summed E-state index contributed by atoms with van der Waals surface area (Å²) in [6.07, 6.45) is 0.782. The number of nitrogens with two attached hydrogens (primary N) is 2. The fourth-order valence-corrected chi connectivity index (χ4v) is 3.73. The van der Waals surface area contributed by atoms with Crippen molar-refractivity contribution in [2.75, 3.05) is 18.4 Å². The van der Waals surface area contributed by atoms with Crippen molar-refractivity contribution in [1.29, 1.82) is 0 Å². The molecule has 0 amide bonds. The van der Waals surface area contributed by atoms with E-state index in [1.54, 1.807) is 13.8 Å². The number of rotatable bonds is 7. The van der Waals surface area contributed by atoms with Gasteiger partial charge in [0.2, 0.25) is 5.95 Å². The van der Waals surface area contributed by atoms with E-state index in [2.05, 4.69) is 9.88 Å². The second-order valence-electron chi connectivity index (χ2n) is 7.16. The molecule has 0 aliphatic heterocycles. The number of aromatic nitrogens is 2. The average molecular weight is 404 g/mol. The first-order valence-corrected chi connectivity index (χ1v) is 9.88. The number of imidazole rings is 1. The van der Waals surface area contributed by atoms with Crippen molar-refractivity contribution in [3.8, 4) is 0 Å². The number of fused-ring (bicyclic) bond motifs is 1. The fourth-order valence-electron chi connectivity index (χ4n) is 3.50. The van der Waals surface area contributed by atoms with Gasteiger partial charge < -0.3 is 21.4 Å². The number of hydrogen-bond acceptors (Lipinski definition) is 4. The molecule has 150 valence electrons. The van der Waals surface area contributed by atoms with Crippen LogP contribution in [0.3, 0.4) is 0 Å². The highest BCUT2D eigenvalue weighted by atomic mass is 35.5. The molecule has 0 aliphatic rings. The van der Waals surface area contributed by atoms with Gasteiger partial charge in [-0.05, 0) is 54.7 Å². The van der Waals surface area contributed by atoms with Gasteiger partial charge in [0.15, 0.2) is 0 Å². The predicted molar refractivity (Wildman–Crippen MR) is 114 cm³/mol. The van der Waals surface area contributed by atoms with E-state index in [1.807, 2.05) is 31.2 Å². The lowest BCUT2D eigenvalue weighted by molar-refractivity contribution is 0.607. The molecule has 2 aromatic carbocycles. The van der Waals surface area contributed by atoms with E-state index in [9.17, 15) is 4.39 Å². The van der Waals surface area contributed by atoms with Crippen LogP contribution in [0.4, 0.5) is 10.3 Å². The van der Waals surface area contributed by atoms with Gasteiger partial charge in [0.1, 0.15) is 5.82 Å². The number of halogens is 2. The lowest BCUT2D eigenvalue weighted by Crippen LogP contribution is -2.16. The number of benzene rings is 2. The van der Waals surface area contributed by atoms with Crippen LogP contribution in [-0.2, 0) is 6.54 Å². The Morgan fingerprint density at radius 3 is 2.50 bits per heavy atom. The van der Waals surface area contributed by atoms with Crippen molar-refractivity contribution < 1.29 is 4.39 Å². The van der Waals surface area contributed by atoms with Gasteiger partial charge in [-0.1, -0.05) is 30.7 Å². The minimum absolute atomic E-state index is 0.151. The Kier molecular flexibility index (Phi) is 6.23. The average Bonchev–Trinajstić information content (AvgIpc) is 3.00. The third-order valence-corrected chi connectivity index (χ3v) is 5.17. The Morgan fingerprint density at radius 1 is 1.21 bits per heavy atom. The molecule has 0 aliphatic carbocycles. The maximum absolute atomic E-state index is 14.0. The molecule has 3 rings (SSSR count). The van der Waals surface area contributed by atoms with E-state index in [0.29, 0.717) is 41.7 Å². The molecule has 0 fully saturated rings. The minimum Gasteiger partial charge on any atom is -0.354 e. The zero-order valence-corrected chi connectivity index (χ0v) is 17.3. The first-order valence-electron chi connectivity index (χ1n) is 9.50. The summed E-state index contributed by atoms with van der Waals surface area (Å²) in [7, 11) is 0. The van der Waals surface area contributed by atoms with Crippen LogP contribution in [-0.4, -0.2) is 22.6 Å². The van der Waals surface area contributed by atoms with Gasteiger partial charge in [0, 0.05) is 24.2 Å². The summed E-state index contributed by atoms with van der Waals surface area (Å²) < 4.78 is 16.1. The summed E-state index contributed by atoms with van der Waals surface area (Å²) in [5.41, 5.74) is 16.9. The van der Waals surface area contributed by atoms with Crippen LogP contribution in [0.2, 0.25) is 5.02 Å². The highest BCUT2D eigenvalue weighted by Crippen LogP contribution is 2.31. The molecular weight excluding hydrogens is 377 g/mol. The SMILES string of the molecule is CC[C@H](N)c1cc(Cl)cc2c1nc(NCCN)n2Cc1cc(C)c(F)c(C)c1. The minimum atomic E-state index is -0.167. The fraction of sp³-hybridized carbons (Fsp3) is 0.381. The molecule has 0 spiro atoms. The van der Waals surface area contributed by atoms with Crippen LogP contribution >= 0.6 is 11.6 Å². The molecule has 1 aromatic heterocycles. The summed E-state index contributed by atoms with van der Waals surface area (Å²) in [6.45, 7) is 7.20. The van der Waals surface area contributed by atoms with Gasteiger partial charge in [-0.25, -0.2) is 9.37 Å². The molecule has 0 saturated carbocycles. The van der Waals surface area contributed by atoms with Crippen molar-refractivity contribution in [1.82, 2.24) is 9.55 Å². The van der Waals surface area contributed by atoms with Gasteiger partial charge in [0.05, 0.1) is 17.6 Å². The smallest absolute Gasteiger partial charge is 0.204 e. The summed E-state index contributed by atoms with van der Waals surface area (Å²) in [6, 6.07) is 7.36. The van der Waals surface area contributed by atoms with E-state index in [1.165, 1.54) is 0 Å². The molecule has 0 radical (unpaired) electrons. The maximum atomic E-state index is 14.0.